The van der Waals surface area contributed by atoms with Gasteiger partial charge in [0.2, 0.25) is 0 Å². The highest BCUT2D eigenvalue weighted by Gasteiger charge is 2.06. The van der Waals surface area contributed by atoms with E-state index in [2.05, 4.69) is 15.0 Å². The molecular formula is C12H13N3OS. The number of aromatic nitrogens is 3. The van der Waals surface area contributed by atoms with Crippen LogP contribution in [0.5, 0.6) is 0 Å². The standard InChI is InChI=1S/C12H13N3OS/c1-2-11(16)10-5-4-9(8-15-10)17-12-13-6-3-7-14-12/h3-8,11,16H,2H2,1H3/t11-/m1/s1. The molecule has 2 heterocycles. The Balaban J connectivity index is 2.08. The number of hydrogen-bond acceptors (Lipinski definition) is 5. The van der Waals surface area contributed by atoms with Crippen LogP contribution in [0.1, 0.15) is 25.1 Å². The van der Waals surface area contributed by atoms with E-state index in [1.54, 1.807) is 24.7 Å². The van der Waals surface area contributed by atoms with Crippen LogP contribution in [0.4, 0.5) is 0 Å². The summed E-state index contributed by atoms with van der Waals surface area (Å²) in [4.78, 5) is 13.4. The number of nitrogens with zero attached hydrogens (tertiary/aromatic N) is 3. The van der Waals surface area contributed by atoms with E-state index in [0.717, 1.165) is 4.90 Å². The highest BCUT2D eigenvalue weighted by atomic mass is 32.2. The van der Waals surface area contributed by atoms with Gasteiger partial charge in [0, 0.05) is 23.5 Å². The van der Waals surface area contributed by atoms with Crippen molar-refractivity contribution in [3.05, 3.63) is 42.5 Å². The molecule has 2 aromatic rings. The van der Waals surface area contributed by atoms with Crippen LogP contribution in [0.15, 0.2) is 46.8 Å². The fourth-order valence-corrected chi connectivity index (χ4v) is 1.98. The molecule has 0 saturated carbocycles. The molecule has 5 heteroatoms. The lowest BCUT2D eigenvalue weighted by Gasteiger charge is -2.07. The first-order valence-corrected chi connectivity index (χ1v) is 6.20. The van der Waals surface area contributed by atoms with Gasteiger partial charge < -0.3 is 5.11 Å². The third-order valence-electron chi connectivity index (χ3n) is 2.24. The molecule has 0 saturated heterocycles. The Morgan fingerprint density at radius 2 is 2.00 bits per heavy atom. The minimum Gasteiger partial charge on any atom is -0.387 e. The number of aliphatic hydroxyl groups is 1. The second-order valence-corrected chi connectivity index (χ2v) is 4.52. The quantitative estimate of drug-likeness (QED) is 0.841. The Kier molecular flexibility index (Phi) is 4.06. The van der Waals surface area contributed by atoms with Gasteiger partial charge in [0.25, 0.3) is 0 Å². The van der Waals surface area contributed by atoms with Crippen LogP contribution in [0.2, 0.25) is 0 Å². The summed E-state index contributed by atoms with van der Waals surface area (Å²) in [7, 11) is 0. The van der Waals surface area contributed by atoms with Crippen LogP contribution in [0, 0.1) is 0 Å². The molecule has 1 N–H and O–H groups in total. The number of rotatable bonds is 4. The fraction of sp³-hybridized carbons (Fsp3) is 0.250. The van der Waals surface area contributed by atoms with Crippen molar-refractivity contribution in [2.24, 2.45) is 0 Å². The van der Waals surface area contributed by atoms with Crippen molar-refractivity contribution in [3.8, 4) is 0 Å². The summed E-state index contributed by atoms with van der Waals surface area (Å²) < 4.78 is 0. The average molecular weight is 247 g/mol. The Morgan fingerprint density at radius 1 is 1.24 bits per heavy atom. The lowest BCUT2D eigenvalue weighted by Crippen LogP contribution is -1.98. The Hall–Kier alpha value is -1.46. The van der Waals surface area contributed by atoms with E-state index in [0.29, 0.717) is 17.3 Å². The van der Waals surface area contributed by atoms with E-state index >= 15 is 0 Å². The van der Waals surface area contributed by atoms with Crippen LogP contribution in [0.3, 0.4) is 0 Å². The smallest absolute Gasteiger partial charge is 0.192 e. The van der Waals surface area contributed by atoms with E-state index in [-0.39, 0.29) is 0 Å². The van der Waals surface area contributed by atoms with Gasteiger partial charge >= 0.3 is 0 Å². The van der Waals surface area contributed by atoms with Crippen molar-refractivity contribution in [2.75, 3.05) is 0 Å². The number of aliphatic hydroxyl groups excluding tert-OH is 1. The van der Waals surface area contributed by atoms with Crippen molar-refractivity contribution >= 4 is 11.8 Å². The highest BCUT2D eigenvalue weighted by molar-refractivity contribution is 7.99. The first-order chi connectivity index (χ1) is 8.29. The van der Waals surface area contributed by atoms with E-state index in [1.165, 1.54) is 11.8 Å². The summed E-state index contributed by atoms with van der Waals surface area (Å²) in [5.41, 5.74) is 0.700. The van der Waals surface area contributed by atoms with Gasteiger partial charge in [0.05, 0.1) is 11.8 Å². The molecule has 0 unspecified atom stereocenters. The van der Waals surface area contributed by atoms with Gasteiger partial charge in [0.1, 0.15) is 0 Å². The zero-order chi connectivity index (χ0) is 12.1. The van der Waals surface area contributed by atoms with E-state index in [9.17, 15) is 5.11 Å². The number of hydrogen-bond donors (Lipinski definition) is 1. The molecule has 0 aromatic carbocycles. The first-order valence-electron chi connectivity index (χ1n) is 5.38. The molecule has 0 spiro atoms. The van der Waals surface area contributed by atoms with E-state index in [1.807, 2.05) is 19.1 Å². The maximum atomic E-state index is 9.62. The molecular weight excluding hydrogens is 234 g/mol. The summed E-state index contributed by atoms with van der Waals surface area (Å²) in [6, 6.07) is 5.53. The second kappa shape index (κ2) is 5.75. The van der Waals surface area contributed by atoms with E-state index in [4.69, 9.17) is 0 Å². The highest BCUT2D eigenvalue weighted by Crippen LogP contribution is 2.24. The Bertz CT molecular complexity index is 461. The molecule has 0 fully saturated rings. The Morgan fingerprint density at radius 3 is 2.59 bits per heavy atom. The summed E-state index contributed by atoms with van der Waals surface area (Å²) >= 11 is 1.45. The monoisotopic (exact) mass is 247 g/mol. The predicted molar refractivity (Wildman–Crippen MR) is 65.6 cm³/mol. The topological polar surface area (TPSA) is 58.9 Å². The molecule has 17 heavy (non-hydrogen) atoms. The lowest BCUT2D eigenvalue weighted by molar-refractivity contribution is 0.169. The van der Waals surface area contributed by atoms with Crippen LogP contribution in [-0.4, -0.2) is 20.1 Å². The van der Waals surface area contributed by atoms with Crippen LogP contribution in [-0.2, 0) is 0 Å². The van der Waals surface area contributed by atoms with E-state index < -0.39 is 6.10 Å². The maximum Gasteiger partial charge on any atom is 0.192 e. The zero-order valence-corrected chi connectivity index (χ0v) is 10.3. The molecule has 2 rings (SSSR count). The van der Waals surface area contributed by atoms with Crippen molar-refractivity contribution < 1.29 is 5.11 Å². The maximum absolute atomic E-state index is 9.62. The first kappa shape index (κ1) is 12.0. The molecule has 0 radical (unpaired) electrons. The summed E-state index contributed by atoms with van der Waals surface area (Å²) in [6.45, 7) is 1.92. The molecule has 88 valence electrons. The SMILES string of the molecule is CC[C@@H](O)c1ccc(Sc2ncccn2)cn1. The van der Waals surface area contributed by atoms with Crippen molar-refractivity contribution in [3.63, 3.8) is 0 Å². The second-order valence-electron chi connectivity index (χ2n) is 3.48. The van der Waals surface area contributed by atoms with Gasteiger partial charge in [-0.05, 0) is 36.4 Å². The molecule has 0 aliphatic carbocycles. The molecule has 1 atom stereocenters. The molecule has 4 nitrogen and oxygen atoms in total. The largest absolute Gasteiger partial charge is 0.387 e. The minimum absolute atomic E-state index is 0.484. The van der Waals surface area contributed by atoms with Crippen molar-refractivity contribution in [2.45, 2.75) is 29.5 Å². The van der Waals surface area contributed by atoms with Crippen LogP contribution < -0.4 is 0 Å². The molecule has 0 aliphatic rings. The van der Waals surface area contributed by atoms with Gasteiger partial charge in [-0.1, -0.05) is 6.92 Å². The van der Waals surface area contributed by atoms with Crippen LogP contribution in [0.25, 0.3) is 0 Å². The van der Waals surface area contributed by atoms with Gasteiger partial charge in [-0.3, -0.25) is 4.98 Å². The normalized spacial score (nSPS) is 12.4. The third kappa shape index (κ3) is 3.25. The van der Waals surface area contributed by atoms with Crippen LogP contribution >= 0.6 is 11.8 Å². The minimum atomic E-state index is -0.484. The van der Waals surface area contributed by atoms with Gasteiger partial charge in [-0.15, -0.1) is 0 Å². The molecule has 0 amide bonds. The fourth-order valence-electron chi connectivity index (χ4n) is 1.30. The molecule has 0 bridgehead atoms. The summed E-state index contributed by atoms with van der Waals surface area (Å²) in [6.07, 6.45) is 5.33. The molecule has 0 aliphatic heterocycles. The number of pyridine rings is 1. The average Bonchev–Trinajstić information content (AvgIpc) is 2.40. The molecule has 2 aromatic heterocycles. The Labute approximate surface area is 104 Å². The van der Waals surface area contributed by atoms with Crippen molar-refractivity contribution in [1.82, 2.24) is 15.0 Å². The van der Waals surface area contributed by atoms with Gasteiger partial charge in [0.15, 0.2) is 5.16 Å². The third-order valence-corrected chi connectivity index (χ3v) is 3.11. The summed E-state index contributed by atoms with van der Waals surface area (Å²) in [5, 5.41) is 10.3. The van der Waals surface area contributed by atoms with Crippen molar-refractivity contribution in [1.29, 1.82) is 0 Å². The lowest BCUT2D eigenvalue weighted by atomic mass is 10.2. The predicted octanol–water partition coefficient (Wildman–Crippen LogP) is 2.47. The van der Waals surface area contributed by atoms with Gasteiger partial charge in [-0.2, -0.15) is 0 Å². The zero-order valence-electron chi connectivity index (χ0n) is 9.45. The summed E-state index contributed by atoms with van der Waals surface area (Å²) in [5.74, 6) is 0. The van der Waals surface area contributed by atoms with Gasteiger partial charge in [-0.25, -0.2) is 9.97 Å².